The number of ether oxygens (including phenoxy) is 1. The number of esters is 1. The van der Waals surface area contributed by atoms with E-state index in [1.54, 1.807) is 0 Å². The lowest BCUT2D eigenvalue weighted by molar-refractivity contribution is -0.148. The standard InChI is InChI=1S/C16H33N3O2/c1-13(2)17-16(3,15(20)21-6)8-10-19(5)12-14-7-9-18(4)11-14/h13-14,17H,7-12H2,1-6H3. The van der Waals surface area contributed by atoms with Gasteiger partial charge in [-0.15, -0.1) is 0 Å². The second-order valence-electron chi connectivity index (χ2n) is 7.05. The summed E-state index contributed by atoms with van der Waals surface area (Å²) in [4.78, 5) is 16.8. The summed E-state index contributed by atoms with van der Waals surface area (Å²) in [6.07, 6.45) is 2.04. The fraction of sp³-hybridized carbons (Fsp3) is 0.938. The molecule has 0 spiro atoms. The number of carbonyl (C=O) groups is 1. The number of carbonyl (C=O) groups excluding carboxylic acids is 1. The molecule has 1 aliphatic heterocycles. The molecule has 0 bridgehead atoms. The number of nitrogens with one attached hydrogen (secondary N) is 1. The van der Waals surface area contributed by atoms with E-state index >= 15 is 0 Å². The number of likely N-dealkylation sites (tertiary alicyclic amines) is 1. The van der Waals surface area contributed by atoms with E-state index < -0.39 is 5.54 Å². The molecule has 1 N–H and O–H groups in total. The predicted octanol–water partition coefficient (Wildman–Crippen LogP) is 1.19. The number of methoxy groups -OCH3 is 1. The zero-order chi connectivity index (χ0) is 16.0. The zero-order valence-corrected chi connectivity index (χ0v) is 14.6. The van der Waals surface area contributed by atoms with Gasteiger partial charge in [-0.25, -0.2) is 0 Å². The number of rotatable bonds is 8. The predicted molar refractivity (Wildman–Crippen MR) is 86.4 cm³/mol. The molecule has 2 unspecified atom stereocenters. The monoisotopic (exact) mass is 299 g/mol. The lowest BCUT2D eigenvalue weighted by Crippen LogP contribution is -2.54. The van der Waals surface area contributed by atoms with Crippen LogP contribution in [0.2, 0.25) is 0 Å². The summed E-state index contributed by atoms with van der Waals surface area (Å²) in [6.45, 7) is 10.4. The van der Waals surface area contributed by atoms with Crippen LogP contribution in [0.3, 0.4) is 0 Å². The summed E-state index contributed by atoms with van der Waals surface area (Å²) >= 11 is 0. The highest BCUT2D eigenvalue weighted by molar-refractivity contribution is 5.80. The summed E-state index contributed by atoms with van der Waals surface area (Å²) in [6, 6.07) is 0.253. The average molecular weight is 299 g/mol. The van der Waals surface area contributed by atoms with E-state index in [1.165, 1.54) is 26.6 Å². The third-order valence-corrected chi connectivity index (χ3v) is 4.30. The van der Waals surface area contributed by atoms with Crippen molar-refractivity contribution in [3.8, 4) is 0 Å². The molecule has 0 amide bonds. The second kappa shape index (κ2) is 8.11. The number of hydrogen-bond acceptors (Lipinski definition) is 5. The Bertz CT molecular complexity index is 335. The van der Waals surface area contributed by atoms with Crippen molar-refractivity contribution in [2.24, 2.45) is 5.92 Å². The fourth-order valence-electron chi connectivity index (χ4n) is 3.22. The molecule has 5 nitrogen and oxygen atoms in total. The van der Waals surface area contributed by atoms with Crippen LogP contribution in [0.1, 0.15) is 33.6 Å². The minimum atomic E-state index is -0.607. The first-order valence-corrected chi connectivity index (χ1v) is 8.00. The Kier molecular flexibility index (Phi) is 7.10. The van der Waals surface area contributed by atoms with Gasteiger partial charge in [0.15, 0.2) is 0 Å². The van der Waals surface area contributed by atoms with Gasteiger partial charge in [-0.2, -0.15) is 0 Å². The molecule has 124 valence electrons. The van der Waals surface area contributed by atoms with Crippen LogP contribution in [-0.2, 0) is 9.53 Å². The van der Waals surface area contributed by atoms with E-state index in [9.17, 15) is 4.79 Å². The molecule has 0 aromatic carbocycles. The van der Waals surface area contributed by atoms with Gasteiger partial charge in [-0.1, -0.05) is 0 Å². The summed E-state index contributed by atoms with van der Waals surface area (Å²) in [5.74, 6) is 0.577. The molecule has 0 radical (unpaired) electrons. The minimum absolute atomic E-state index is 0.176. The van der Waals surface area contributed by atoms with Crippen LogP contribution < -0.4 is 5.32 Å². The van der Waals surface area contributed by atoms with Gasteiger partial charge in [0.25, 0.3) is 0 Å². The first-order chi connectivity index (χ1) is 9.76. The van der Waals surface area contributed by atoms with Crippen LogP contribution in [0.4, 0.5) is 0 Å². The maximum absolute atomic E-state index is 12.1. The smallest absolute Gasteiger partial charge is 0.325 e. The normalized spacial score (nSPS) is 22.8. The molecule has 2 atom stereocenters. The van der Waals surface area contributed by atoms with E-state index in [1.807, 2.05) is 6.92 Å². The van der Waals surface area contributed by atoms with Crippen molar-refractivity contribution in [3.05, 3.63) is 0 Å². The van der Waals surface area contributed by atoms with Crippen LogP contribution in [0.5, 0.6) is 0 Å². The van der Waals surface area contributed by atoms with Crippen molar-refractivity contribution in [1.82, 2.24) is 15.1 Å². The van der Waals surface area contributed by atoms with Gasteiger partial charge < -0.3 is 14.5 Å². The molecule has 1 fully saturated rings. The van der Waals surface area contributed by atoms with Gasteiger partial charge in [-0.3, -0.25) is 10.1 Å². The molecule has 0 aromatic heterocycles. The molecule has 21 heavy (non-hydrogen) atoms. The lowest BCUT2D eigenvalue weighted by Gasteiger charge is -2.32. The van der Waals surface area contributed by atoms with Crippen molar-refractivity contribution >= 4 is 5.97 Å². The van der Waals surface area contributed by atoms with E-state index in [0.717, 1.165) is 25.4 Å². The van der Waals surface area contributed by atoms with Crippen molar-refractivity contribution in [2.45, 2.75) is 45.2 Å². The first-order valence-electron chi connectivity index (χ1n) is 8.00. The highest BCUT2D eigenvalue weighted by Crippen LogP contribution is 2.17. The number of nitrogens with zero attached hydrogens (tertiary/aromatic N) is 2. The molecule has 0 aliphatic carbocycles. The molecular weight excluding hydrogens is 266 g/mol. The largest absolute Gasteiger partial charge is 0.468 e. The molecule has 1 aliphatic rings. The maximum atomic E-state index is 12.1. The average Bonchev–Trinajstić information content (AvgIpc) is 2.80. The molecule has 5 heteroatoms. The zero-order valence-electron chi connectivity index (χ0n) is 14.6. The molecule has 1 heterocycles. The van der Waals surface area contributed by atoms with Gasteiger partial charge in [0.2, 0.25) is 0 Å². The SMILES string of the molecule is COC(=O)C(C)(CCN(C)CC1CCN(C)C1)NC(C)C. The summed E-state index contributed by atoms with van der Waals surface area (Å²) in [7, 11) is 5.78. The van der Waals surface area contributed by atoms with Crippen LogP contribution in [-0.4, -0.2) is 74.7 Å². The number of hydrogen-bond donors (Lipinski definition) is 1. The van der Waals surface area contributed by atoms with E-state index in [2.05, 4.69) is 43.1 Å². The molecule has 1 saturated heterocycles. The van der Waals surface area contributed by atoms with Crippen molar-refractivity contribution < 1.29 is 9.53 Å². The Balaban J connectivity index is 2.46. The van der Waals surface area contributed by atoms with Crippen LogP contribution in [0.25, 0.3) is 0 Å². The van der Waals surface area contributed by atoms with E-state index in [-0.39, 0.29) is 12.0 Å². The maximum Gasteiger partial charge on any atom is 0.325 e. The quantitative estimate of drug-likeness (QED) is 0.682. The molecular formula is C16H33N3O2. The van der Waals surface area contributed by atoms with Gasteiger partial charge in [0.1, 0.15) is 5.54 Å². The van der Waals surface area contributed by atoms with Crippen LogP contribution in [0.15, 0.2) is 0 Å². The van der Waals surface area contributed by atoms with Crippen molar-refractivity contribution in [2.75, 3.05) is 47.4 Å². The Morgan fingerprint density at radius 2 is 2.19 bits per heavy atom. The van der Waals surface area contributed by atoms with Crippen LogP contribution >= 0.6 is 0 Å². The highest BCUT2D eigenvalue weighted by Gasteiger charge is 2.34. The highest BCUT2D eigenvalue weighted by atomic mass is 16.5. The summed E-state index contributed by atoms with van der Waals surface area (Å²) in [5.41, 5.74) is -0.607. The van der Waals surface area contributed by atoms with E-state index in [4.69, 9.17) is 4.74 Å². The third-order valence-electron chi connectivity index (χ3n) is 4.30. The minimum Gasteiger partial charge on any atom is -0.468 e. The van der Waals surface area contributed by atoms with Gasteiger partial charge >= 0.3 is 5.97 Å². The molecule has 0 saturated carbocycles. The summed E-state index contributed by atoms with van der Waals surface area (Å²) < 4.78 is 4.97. The van der Waals surface area contributed by atoms with E-state index in [0.29, 0.717) is 0 Å². The second-order valence-corrected chi connectivity index (χ2v) is 7.05. The van der Waals surface area contributed by atoms with Gasteiger partial charge in [-0.05, 0) is 60.2 Å². The Labute approximate surface area is 130 Å². The Morgan fingerprint density at radius 1 is 1.52 bits per heavy atom. The lowest BCUT2D eigenvalue weighted by atomic mass is 9.96. The van der Waals surface area contributed by atoms with Gasteiger partial charge in [0, 0.05) is 25.7 Å². The topological polar surface area (TPSA) is 44.8 Å². The van der Waals surface area contributed by atoms with Crippen molar-refractivity contribution in [1.29, 1.82) is 0 Å². The fourth-order valence-corrected chi connectivity index (χ4v) is 3.22. The first kappa shape index (κ1) is 18.4. The Morgan fingerprint density at radius 3 is 2.67 bits per heavy atom. The summed E-state index contributed by atoms with van der Waals surface area (Å²) in [5, 5.41) is 3.35. The van der Waals surface area contributed by atoms with Crippen LogP contribution in [0, 0.1) is 5.92 Å². The Hall–Kier alpha value is -0.650. The third kappa shape index (κ3) is 5.93. The van der Waals surface area contributed by atoms with Crippen molar-refractivity contribution in [3.63, 3.8) is 0 Å². The van der Waals surface area contributed by atoms with Gasteiger partial charge in [0.05, 0.1) is 7.11 Å². The molecule has 0 aromatic rings. The molecule has 1 rings (SSSR count).